The van der Waals surface area contributed by atoms with Crippen molar-refractivity contribution in [1.82, 2.24) is 15.5 Å². The fourth-order valence-corrected chi connectivity index (χ4v) is 3.54. The monoisotopic (exact) mass is 380 g/mol. The van der Waals surface area contributed by atoms with Gasteiger partial charge in [-0.2, -0.15) is 11.8 Å². The summed E-state index contributed by atoms with van der Waals surface area (Å²) < 4.78 is 13.5. The van der Waals surface area contributed by atoms with Gasteiger partial charge in [-0.3, -0.25) is 4.79 Å². The molecule has 1 amide bonds. The highest BCUT2D eigenvalue weighted by Gasteiger charge is 2.17. The van der Waals surface area contributed by atoms with Crippen LogP contribution in [0.1, 0.15) is 37.3 Å². The number of nitrogens with zero attached hydrogens (tertiary/aromatic N) is 2. The molecule has 0 bridgehead atoms. The molecule has 0 saturated carbocycles. The Labute approximate surface area is 159 Å². The van der Waals surface area contributed by atoms with Gasteiger partial charge in [-0.15, -0.1) is 0 Å². The van der Waals surface area contributed by atoms with Gasteiger partial charge in [0.2, 0.25) is 5.91 Å². The highest BCUT2D eigenvalue weighted by Crippen LogP contribution is 2.17. The quantitative estimate of drug-likeness (QED) is 0.538. The Kier molecular flexibility index (Phi) is 8.74. The molecule has 1 saturated heterocycles. The molecule has 0 aliphatic carbocycles. The maximum absolute atomic E-state index is 13.5. The van der Waals surface area contributed by atoms with Crippen LogP contribution in [0.25, 0.3) is 0 Å². The third-order valence-electron chi connectivity index (χ3n) is 4.31. The van der Waals surface area contributed by atoms with Crippen LogP contribution in [0, 0.1) is 5.82 Å². The van der Waals surface area contributed by atoms with Gasteiger partial charge in [0.15, 0.2) is 5.96 Å². The number of aliphatic imine (C=N–C) groups is 1. The zero-order valence-corrected chi connectivity index (χ0v) is 16.5. The maximum Gasteiger partial charge on any atom is 0.224 e. The molecular formula is C19H29FN4OS. The van der Waals surface area contributed by atoms with E-state index in [4.69, 9.17) is 0 Å². The van der Waals surface area contributed by atoms with E-state index in [1.54, 1.807) is 23.9 Å². The van der Waals surface area contributed by atoms with Crippen molar-refractivity contribution in [3.63, 3.8) is 0 Å². The summed E-state index contributed by atoms with van der Waals surface area (Å²) in [5.41, 5.74) is 1.99. The molecule has 1 fully saturated rings. The second-order valence-electron chi connectivity index (χ2n) is 6.31. The van der Waals surface area contributed by atoms with Gasteiger partial charge >= 0.3 is 0 Å². The molecule has 0 spiro atoms. The minimum Gasteiger partial charge on any atom is -0.357 e. The Morgan fingerprint density at radius 2 is 2.04 bits per heavy atom. The van der Waals surface area contributed by atoms with Crippen LogP contribution in [0.3, 0.4) is 0 Å². The first-order valence-corrected chi connectivity index (χ1v) is 10.6. The van der Waals surface area contributed by atoms with Crippen LogP contribution >= 0.6 is 11.8 Å². The Hall–Kier alpha value is -1.76. The molecule has 7 heteroatoms. The van der Waals surface area contributed by atoms with E-state index in [1.165, 1.54) is 6.07 Å². The largest absolute Gasteiger partial charge is 0.357 e. The maximum atomic E-state index is 13.5. The fraction of sp³-hybridized carbons (Fsp3) is 0.579. The van der Waals surface area contributed by atoms with Gasteiger partial charge in [-0.05, 0) is 49.3 Å². The average Bonchev–Trinajstić information content (AvgIpc) is 3.16. The molecule has 1 aliphatic heterocycles. The number of amides is 1. The van der Waals surface area contributed by atoms with Crippen LogP contribution in [0.4, 0.5) is 4.39 Å². The second-order valence-corrected chi connectivity index (χ2v) is 7.17. The molecule has 0 radical (unpaired) electrons. The lowest BCUT2D eigenvalue weighted by molar-refractivity contribution is -0.129. The van der Waals surface area contributed by atoms with Crippen LogP contribution in [-0.4, -0.2) is 49.2 Å². The molecule has 2 rings (SSSR count). The van der Waals surface area contributed by atoms with Gasteiger partial charge in [0.05, 0.1) is 6.54 Å². The van der Waals surface area contributed by atoms with E-state index >= 15 is 0 Å². The number of guanidine groups is 1. The lowest BCUT2D eigenvalue weighted by Gasteiger charge is -2.16. The van der Waals surface area contributed by atoms with Crippen molar-refractivity contribution < 1.29 is 9.18 Å². The van der Waals surface area contributed by atoms with Crippen molar-refractivity contribution in [3.8, 4) is 0 Å². The molecule has 0 aromatic heterocycles. The number of carbonyl (C=O) groups excluding carboxylic acids is 1. The number of likely N-dealkylation sites (tertiary alicyclic amines) is 1. The normalized spacial score (nSPS) is 14.6. The molecule has 1 aromatic rings. The summed E-state index contributed by atoms with van der Waals surface area (Å²) in [6.07, 6.45) is 4.69. The van der Waals surface area contributed by atoms with Gasteiger partial charge in [0.25, 0.3) is 0 Å². The molecule has 1 aliphatic rings. The molecular weight excluding hydrogens is 351 g/mol. The van der Waals surface area contributed by atoms with Crippen LogP contribution < -0.4 is 10.6 Å². The van der Waals surface area contributed by atoms with Crippen LogP contribution in [0.2, 0.25) is 0 Å². The predicted octanol–water partition coefficient (Wildman–Crippen LogP) is 2.76. The van der Waals surface area contributed by atoms with Gasteiger partial charge < -0.3 is 15.5 Å². The lowest BCUT2D eigenvalue weighted by Crippen LogP contribution is -2.39. The summed E-state index contributed by atoms with van der Waals surface area (Å²) in [6, 6.07) is 4.85. The number of thioether (sulfide) groups is 1. The van der Waals surface area contributed by atoms with E-state index < -0.39 is 0 Å². The number of rotatable bonds is 8. The van der Waals surface area contributed by atoms with Gasteiger partial charge in [-0.1, -0.05) is 6.07 Å². The van der Waals surface area contributed by atoms with E-state index in [0.717, 1.165) is 49.4 Å². The standard InChI is InChI=1S/C19H29FN4OS/c1-3-21-19(22-9-8-18(25)24-10-4-5-11-24)23-13-15-6-7-17(20)12-16(15)14-26-2/h6-7,12H,3-5,8-11,13-14H2,1-2H3,(H2,21,22,23). The van der Waals surface area contributed by atoms with Crippen molar-refractivity contribution in [2.75, 3.05) is 32.4 Å². The Balaban J connectivity index is 1.90. The van der Waals surface area contributed by atoms with E-state index in [2.05, 4.69) is 15.6 Å². The van der Waals surface area contributed by atoms with Gasteiger partial charge in [0.1, 0.15) is 5.82 Å². The summed E-state index contributed by atoms with van der Waals surface area (Å²) in [5, 5.41) is 6.41. The molecule has 1 heterocycles. The number of halogens is 1. The number of benzene rings is 1. The fourth-order valence-electron chi connectivity index (χ4n) is 2.96. The van der Waals surface area contributed by atoms with Crippen molar-refractivity contribution in [2.45, 2.75) is 38.5 Å². The molecule has 0 atom stereocenters. The smallest absolute Gasteiger partial charge is 0.224 e. The molecule has 26 heavy (non-hydrogen) atoms. The average molecular weight is 381 g/mol. The first kappa shape index (κ1) is 20.6. The summed E-state index contributed by atoms with van der Waals surface area (Å²) in [6.45, 7) is 5.55. The number of carbonyl (C=O) groups is 1. The topological polar surface area (TPSA) is 56.7 Å². The van der Waals surface area contributed by atoms with E-state index in [0.29, 0.717) is 25.5 Å². The Morgan fingerprint density at radius 1 is 1.27 bits per heavy atom. The number of hydrogen-bond acceptors (Lipinski definition) is 3. The van der Waals surface area contributed by atoms with Gasteiger partial charge in [-0.25, -0.2) is 9.38 Å². The Bertz CT molecular complexity index is 618. The summed E-state index contributed by atoms with van der Waals surface area (Å²) >= 11 is 1.66. The number of nitrogens with one attached hydrogen (secondary N) is 2. The van der Waals surface area contributed by atoms with E-state index in [-0.39, 0.29) is 11.7 Å². The molecule has 1 aromatic carbocycles. The van der Waals surface area contributed by atoms with Crippen molar-refractivity contribution in [3.05, 3.63) is 35.1 Å². The summed E-state index contributed by atoms with van der Waals surface area (Å²) in [7, 11) is 0. The molecule has 0 unspecified atom stereocenters. The Morgan fingerprint density at radius 3 is 2.73 bits per heavy atom. The predicted molar refractivity (Wildman–Crippen MR) is 107 cm³/mol. The molecule has 2 N–H and O–H groups in total. The third kappa shape index (κ3) is 6.52. The summed E-state index contributed by atoms with van der Waals surface area (Å²) in [5.74, 6) is 1.43. The van der Waals surface area contributed by atoms with Crippen LogP contribution in [0.15, 0.2) is 23.2 Å². The van der Waals surface area contributed by atoms with E-state index in [9.17, 15) is 9.18 Å². The van der Waals surface area contributed by atoms with Crippen molar-refractivity contribution >= 4 is 23.6 Å². The lowest BCUT2D eigenvalue weighted by atomic mass is 10.1. The first-order valence-electron chi connectivity index (χ1n) is 9.20. The zero-order chi connectivity index (χ0) is 18.8. The van der Waals surface area contributed by atoms with Gasteiger partial charge in [0, 0.05) is 38.4 Å². The summed E-state index contributed by atoms with van der Waals surface area (Å²) in [4.78, 5) is 18.6. The second kappa shape index (κ2) is 11.1. The minimum atomic E-state index is -0.216. The van der Waals surface area contributed by atoms with Crippen molar-refractivity contribution in [1.29, 1.82) is 0 Å². The zero-order valence-electron chi connectivity index (χ0n) is 15.7. The van der Waals surface area contributed by atoms with Crippen LogP contribution in [-0.2, 0) is 17.1 Å². The first-order chi connectivity index (χ1) is 12.6. The van der Waals surface area contributed by atoms with E-state index in [1.807, 2.05) is 18.1 Å². The molecule has 144 valence electrons. The number of hydrogen-bond donors (Lipinski definition) is 2. The SMILES string of the molecule is CCNC(=NCc1ccc(F)cc1CSC)NCCC(=O)N1CCCC1. The van der Waals surface area contributed by atoms with Crippen molar-refractivity contribution in [2.24, 2.45) is 4.99 Å². The minimum absolute atomic E-state index is 0.201. The highest BCUT2D eigenvalue weighted by atomic mass is 32.2. The third-order valence-corrected chi connectivity index (χ3v) is 4.91. The highest BCUT2D eigenvalue weighted by molar-refractivity contribution is 7.97. The molecule has 5 nitrogen and oxygen atoms in total. The van der Waals surface area contributed by atoms with Crippen LogP contribution in [0.5, 0.6) is 0 Å².